The Kier molecular flexibility index (Phi) is 30.5. The van der Waals surface area contributed by atoms with E-state index in [4.69, 9.17) is 42.6 Å². The smallest absolute Gasteiger partial charge is 0.329 e. The molecule has 562 valence electrons. The highest BCUT2D eigenvalue weighted by Gasteiger charge is 2.53. The van der Waals surface area contributed by atoms with Gasteiger partial charge in [0, 0.05) is 77.1 Å². The van der Waals surface area contributed by atoms with Gasteiger partial charge in [0.15, 0.2) is 5.78 Å². The lowest BCUT2D eigenvalue weighted by molar-refractivity contribution is -0.265. The average molecular weight is 1430 g/mol. The molecule has 0 spiro atoms. The molecule has 4 N–H and O–H groups in total. The molecule has 4 fully saturated rings. The summed E-state index contributed by atoms with van der Waals surface area (Å²) in [6.45, 7) is 15.5. The zero-order chi connectivity index (χ0) is 73.8. The van der Waals surface area contributed by atoms with Gasteiger partial charge in [-0.2, -0.15) is 0 Å². The predicted molar refractivity (Wildman–Crippen MR) is 372 cm³/mol. The van der Waals surface area contributed by atoms with Crippen LogP contribution in [0.15, 0.2) is 72.0 Å². The first-order valence-corrected chi connectivity index (χ1v) is 36.2. The highest BCUT2D eigenvalue weighted by Crippen LogP contribution is 2.39. The first kappa shape index (κ1) is 80.6. The summed E-state index contributed by atoms with van der Waals surface area (Å²) in [6.07, 6.45) is 13.1. The van der Waals surface area contributed by atoms with Crippen LogP contribution in [-0.4, -0.2) is 223 Å². The van der Waals surface area contributed by atoms with Gasteiger partial charge in [-0.25, -0.2) is 9.48 Å². The molecular formula is C75H107N7O20. The number of allylic oxidation sites excluding steroid dienone is 6. The number of hydrogen-bond donors (Lipinski definition) is 4. The largest absolute Gasteiger partial charge is 0.460 e. The van der Waals surface area contributed by atoms with Crippen LogP contribution in [0, 0.1) is 35.5 Å². The van der Waals surface area contributed by atoms with Crippen molar-refractivity contribution in [1.29, 1.82) is 0 Å². The number of rotatable bonds is 23. The summed E-state index contributed by atoms with van der Waals surface area (Å²) in [7, 11) is 4.58. The third kappa shape index (κ3) is 21.1. The normalized spacial score (nSPS) is 32.2. The van der Waals surface area contributed by atoms with Gasteiger partial charge in [0.05, 0.1) is 94.5 Å². The number of aliphatic hydroxyl groups excluding tert-OH is 1. The second-order valence-corrected chi connectivity index (χ2v) is 28.3. The minimum absolute atomic E-state index is 0.0115. The summed E-state index contributed by atoms with van der Waals surface area (Å²) < 4.78 is 55.5. The fourth-order valence-corrected chi connectivity index (χ4v) is 14.6. The molecule has 3 saturated heterocycles. The van der Waals surface area contributed by atoms with Crippen molar-refractivity contribution in [2.45, 2.75) is 212 Å². The Labute approximate surface area is 598 Å². The maximum absolute atomic E-state index is 14.7. The van der Waals surface area contributed by atoms with E-state index in [1.54, 1.807) is 64.1 Å². The monoisotopic (exact) mass is 1430 g/mol. The fraction of sp³-hybridized carbons (Fsp3) is 0.667. The molecule has 5 aliphatic heterocycles. The minimum atomic E-state index is -2.47. The highest BCUT2D eigenvalue weighted by atomic mass is 16.6. The van der Waals surface area contributed by atoms with Gasteiger partial charge >= 0.3 is 5.97 Å². The van der Waals surface area contributed by atoms with Gasteiger partial charge in [-0.05, 0) is 126 Å². The molecule has 1 aliphatic carbocycles. The van der Waals surface area contributed by atoms with E-state index < -0.39 is 113 Å². The molecule has 5 amide bonds. The van der Waals surface area contributed by atoms with Crippen LogP contribution >= 0.6 is 0 Å². The number of aromatic nitrogens is 3. The van der Waals surface area contributed by atoms with Crippen LogP contribution in [-0.2, 0) is 89.3 Å². The maximum atomic E-state index is 14.7. The third-order valence-corrected chi connectivity index (χ3v) is 20.7. The third-order valence-electron chi connectivity index (χ3n) is 20.7. The van der Waals surface area contributed by atoms with Crippen molar-refractivity contribution in [1.82, 2.24) is 30.1 Å². The average Bonchev–Trinajstić information content (AvgIpc) is 1.46. The molecule has 102 heavy (non-hydrogen) atoms. The van der Waals surface area contributed by atoms with E-state index >= 15 is 0 Å². The highest BCUT2D eigenvalue weighted by molar-refractivity contribution is 6.39. The van der Waals surface area contributed by atoms with E-state index in [2.05, 4.69) is 20.9 Å². The van der Waals surface area contributed by atoms with Gasteiger partial charge in [-0.15, -0.1) is 5.10 Å². The number of nitrogens with one attached hydrogen (secondary N) is 2. The molecule has 27 nitrogen and oxygen atoms in total. The van der Waals surface area contributed by atoms with Crippen LogP contribution in [0.2, 0.25) is 0 Å². The number of carbonyl (C=O) groups excluding carboxylic acids is 9. The minimum Gasteiger partial charge on any atom is -0.460 e. The Morgan fingerprint density at radius 1 is 0.775 bits per heavy atom. The quantitative estimate of drug-likeness (QED) is 0.0301. The number of fused-ring (bicyclic) bond motifs is 4. The van der Waals surface area contributed by atoms with Crippen LogP contribution in [0.1, 0.15) is 165 Å². The lowest BCUT2D eigenvalue weighted by Gasteiger charge is -2.42. The molecule has 1 aromatic heterocycles. The van der Waals surface area contributed by atoms with Crippen molar-refractivity contribution in [3.63, 3.8) is 0 Å². The molecule has 2 bridgehead atoms. The SMILES string of the molecule is CO[C@H]1C[C@@H]2CC[C@@H](C)[C@@](O)(O2)C(=O)C(=O)N2CCCC[C@H]2C(=O)O[C@H]([C@H](C)C[C@@H]2CC[C@@H](OCCOCc3cn(CCOCCOCCNc4cccc5c4C(=O)N(C4CCC(=O)NC4=O)C5=O)nn3)[C@H](OC)C2)CC(=O)[C@H](C)/C=C(/C)[C@@H](O)[C@@H](OC)C(=O)[C@H](C)C[C@H](C)\C=C/C=C\C=C/1C. The number of cyclic esters (lactones) is 1. The molecule has 1 aromatic carbocycles. The lowest BCUT2D eigenvalue weighted by atomic mass is 9.78. The second-order valence-electron chi connectivity index (χ2n) is 28.3. The maximum Gasteiger partial charge on any atom is 0.329 e. The van der Waals surface area contributed by atoms with E-state index in [0.717, 1.165) is 16.9 Å². The van der Waals surface area contributed by atoms with E-state index in [-0.39, 0.29) is 105 Å². The second kappa shape index (κ2) is 38.6. The van der Waals surface area contributed by atoms with Gasteiger partial charge in [0.2, 0.25) is 17.6 Å². The Bertz CT molecular complexity index is 3370. The molecule has 27 heteroatoms. The number of imide groups is 2. The Hall–Kier alpha value is -7.05. The number of piperidine rings is 2. The number of benzene rings is 1. The van der Waals surface area contributed by atoms with Crippen molar-refractivity contribution < 1.29 is 96.0 Å². The fourth-order valence-electron chi connectivity index (χ4n) is 14.6. The summed E-state index contributed by atoms with van der Waals surface area (Å²) in [5.74, 6) is -10.7. The van der Waals surface area contributed by atoms with E-state index in [1.165, 1.54) is 18.1 Å². The molecule has 1 unspecified atom stereocenters. The number of Topliss-reactive ketones (excluding diaryl/α,β-unsaturated/α-hetero) is 3. The number of nitrogens with zero attached hydrogens (tertiary/aromatic N) is 5. The van der Waals surface area contributed by atoms with Crippen LogP contribution in [0.25, 0.3) is 0 Å². The summed E-state index contributed by atoms with van der Waals surface area (Å²) in [6, 6.07) is 2.62. The van der Waals surface area contributed by atoms with Crippen LogP contribution in [0.3, 0.4) is 0 Å². The van der Waals surface area contributed by atoms with Crippen molar-refractivity contribution in [3.05, 3.63) is 88.8 Å². The Morgan fingerprint density at radius 2 is 1.54 bits per heavy atom. The number of ether oxygens (including phenoxy) is 9. The predicted octanol–water partition coefficient (Wildman–Crippen LogP) is 6.56. The number of esters is 1. The zero-order valence-corrected chi connectivity index (χ0v) is 60.9. The molecule has 2 aromatic rings. The number of anilines is 1. The van der Waals surface area contributed by atoms with Crippen molar-refractivity contribution in [3.8, 4) is 0 Å². The molecule has 8 rings (SSSR count). The number of ketones is 3. The van der Waals surface area contributed by atoms with Crippen LogP contribution in [0.4, 0.5) is 5.69 Å². The van der Waals surface area contributed by atoms with Gasteiger partial charge in [-0.3, -0.25) is 48.6 Å². The van der Waals surface area contributed by atoms with Crippen molar-refractivity contribution in [2.24, 2.45) is 35.5 Å². The molecule has 1 saturated carbocycles. The van der Waals surface area contributed by atoms with Gasteiger partial charge in [0.25, 0.3) is 23.5 Å². The number of amides is 5. The topological polar surface area (TPSA) is 338 Å². The zero-order valence-electron chi connectivity index (χ0n) is 60.9. The van der Waals surface area contributed by atoms with Crippen LogP contribution < -0.4 is 10.6 Å². The molecule has 6 heterocycles. The summed E-state index contributed by atoms with van der Waals surface area (Å²) >= 11 is 0. The molecule has 16 atom stereocenters. The van der Waals surface area contributed by atoms with Gasteiger partial charge in [-0.1, -0.05) is 82.4 Å². The molecule has 0 radical (unpaired) electrons. The van der Waals surface area contributed by atoms with E-state index in [0.29, 0.717) is 108 Å². The summed E-state index contributed by atoms with van der Waals surface area (Å²) in [5, 5.41) is 37.5. The first-order chi connectivity index (χ1) is 48.9. The van der Waals surface area contributed by atoms with Gasteiger partial charge in [0.1, 0.15) is 41.9 Å². The molecule has 6 aliphatic rings. The Balaban J connectivity index is 0.818. The van der Waals surface area contributed by atoms with E-state index in [1.807, 2.05) is 58.1 Å². The summed E-state index contributed by atoms with van der Waals surface area (Å²) in [4.78, 5) is 125. The van der Waals surface area contributed by atoms with E-state index in [9.17, 15) is 53.4 Å². The standard InChI is InChI=1S/C75H107N7O20/c1-45-17-12-11-13-18-46(2)61(94-8)41-54-24-22-51(7)75(93,102-54)69(87)73(91)81-29-15-14-21-58(81)74(92)101-62(42-59(83)47(3)38-50(6)67(86)68(96-10)66(85)49(5)37-45)48(4)39-52-23-26-60(63(40-52)95-9)100-36-35-99-44-53-43-80(79-78-53)30-32-98-34-33-97-31-28-76-56-20-16-19-55-65(56)72(90)82(71(55)89)57-25-27-64(84)77-70(57)88/h11-13,16-20,38,43,45,47-49,51-52,54,57-58,60-63,67-68,76,86,93H,14-15,21-37,39-42,44H2,1-10H3,(H,77,84,88)/b13-11-,17-12-,46-18-,50-38-/t45-,47-,48-,49-,51-,52+,54+,57?,58+,60-,61+,62+,63-,67-,68+,75-/m1/s1. The number of hydrogen-bond acceptors (Lipinski definition) is 23. The van der Waals surface area contributed by atoms with Crippen molar-refractivity contribution in [2.75, 3.05) is 79.4 Å². The number of methoxy groups -OCH3 is 3. The van der Waals surface area contributed by atoms with Crippen LogP contribution in [0.5, 0.6) is 0 Å². The number of aliphatic hydroxyl groups is 2. The first-order valence-electron chi connectivity index (χ1n) is 36.2. The number of carbonyl (C=O) groups is 9. The molecular weight excluding hydrogens is 1320 g/mol. The van der Waals surface area contributed by atoms with Crippen molar-refractivity contribution >= 4 is 58.5 Å². The lowest BCUT2D eigenvalue weighted by Crippen LogP contribution is -2.61. The van der Waals surface area contributed by atoms with Gasteiger partial charge < -0.3 is 63.1 Å². The summed E-state index contributed by atoms with van der Waals surface area (Å²) in [5.41, 5.74) is 2.65. The Morgan fingerprint density at radius 3 is 2.28 bits per heavy atom.